The van der Waals surface area contributed by atoms with Crippen LogP contribution in [0.15, 0.2) is 79.0 Å². The minimum atomic E-state index is -4.66. The maximum Gasteiger partial charge on any atom is 0.418 e. The van der Waals surface area contributed by atoms with Gasteiger partial charge in [-0.15, -0.1) is 0 Å². The zero-order chi connectivity index (χ0) is 28.9. The van der Waals surface area contributed by atoms with Crippen LogP contribution in [0.25, 0.3) is 10.9 Å². The topological polar surface area (TPSA) is 68.4 Å². The third kappa shape index (κ3) is 6.99. The summed E-state index contributed by atoms with van der Waals surface area (Å²) in [5.41, 5.74) is 1.31. The number of carbonyl (C=O) groups excluding carboxylic acids is 2. The number of benzene rings is 3. The number of alkyl halides is 3. The van der Waals surface area contributed by atoms with Crippen molar-refractivity contribution in [3.8, 4) is 0 Å². The Kier molecular flexibility index (Phi) is 8.77. The Morgan fingerprint density at radius 3 is 2.33 bits per heavy atom. The van der Waals surface area contributed by atoms with E-state index in [4.69, 9.17) is 0 Å². The fourth-order valence-corrected chi connectivity index (χ4v) is 4.46. The van der Waals surface area contributed by atoms with Gasteiger partial charge in [0.25, 0.3) is 0 Å². The van der Waals surface area contributed by atoms with Crippen LogP contribution in [0.1, 0.15) is 30.5 Å². The van der Waals surface area contributed by atoms with E-state index in [2.05, 4.69) is 10.3 Å². The number of carbonyl (C=O) groups is 2. The highest BCUT2D eigenvalue weighted by atomic mass is 19.4. The van der Waals surface area contributed by atoms with Gasteiger partial charge in [0.1, 0.15) is 12.4 Å². The van der Waals surface area contributed by atoms with Crippen molar-refractivity contribution in [1.29, 1.82) is 0 Å². The molecule has 0 fully saturated rings. The maximum atomic E-state index is 13.6. The Morgan fingerprint density at radius 2 is 1.62 bits per heavy atom. The van der Waals surface area contributed by atoms with Gasteiger partial charge in [0.05, 0.1) is 11.3 Å². The van der Waals surface area contributed by atoms with Crippen molar-refractivity contribution in [2.24, 2.45) is 0 Å². The number of hydrogen-bond acceptors (Lipinski definition) is 2. The van der Waals surface area contributed by atoms with Crippen LogP contribution in [0.2, 0.25) is 0 Å². The van der Waals surface area contributed by atoms with E-state index in [1.54, 1.807) is 30.9 Å². The molecule has 0 radical (unpaired) electrons. The summed E-state index contributed by atoms with van der Waals surface area (Å²) in [5.74, 6) is -0.792. The molecular formula is C30H30F4N4O2. The summed E-state index contributed by atoms with van der Waals surface area (Å²) in [7, 11) is 0. The molecule has 1 aromatic heterocycles. The molecule has 0 atom stereocenters. The molecular weight excluding hydrogens is 524 g/mol. The van der Waals surface area contributed by atoms with Gasteiger partial charge in [-0.05, 0) is 61.7 Å². The second-order valence-electron chi connectivity index (χ2n) is 9.75. The van der Waals surface area contributed by atoms with Crippen molar-refractivity contribution in [2.75, 3.05) is 18.4 Å². The molecule has 3 aromatic carbocycles. The van der Waals surface area contributed by atoms with Crippen LogP contribution in [0.5, 0.6) is 0 Å². The normalized spacial score (nSPS) is 11.6. The largest absolute Gasteiger partial charge is 0.418 e. The highest BCUT2D eigenvalue weighted by Crippen LogP contribution is 2.34. The van der Waals surface area contributed by atoms with Crippen molar-refractivity contribution >= 4 is 28.5 Å². The SMILES string of the molecule is CC(C)N(CC(=O)N(CCc1c[nH]c2ccccc12)Cc1ccc(F)cc1)C(=O)Nc1ccccc1C(F)(F)F. The van der Waals surface area contributed by atoms with Crippen LogP contribution < -0.4 is 5.32 Å². The molecule has 40 heavy (non-hydrogen) atoms. The Bertz CT molecular complexity index is 1460. The number of amides is 3. The molecule has 4 aromatic rings. The summed E-state index contributed by atoms with van der Waals surface area (Å²) in [6.07, 6.45) is -2.25. The lowest BCUT2D eigenvalue weighted by Crippen LogP contribution is -2.47. The van der Waals surface area contributed by atoms with Crippen LogP contribution >= 0.6 is 0 Å². The second kappa shape index (κ2) is 12.2. The number of aromatic amines is 1. The first-order valence-electron chi connectivity index (χ1n) is 12.8. The van der Waals surface area contributed by atoms with Gasteiger partial charge in [0, 0.05) is 36.2 Å². The Labute approximate surface area is 229 Å². The molecule has 0 bridgehead atoms. The lowest BCUT2D eigenvalue weighted by molar-refractivity contribution is -0.137. The minimum absolute atomic E-state index is 0.173. The van der Waals surface area contributed by atoms with Crippen LogP contribution in [-0.4, -0.2) is 45.9 Å². The predicted octanol–water partition coefficient (Wildman–Crippen LogP) is 6.84. The predicted molar refractivity (Wildman–Crippen MR) is 146 cm³/mol. The molecule has 210 valence electrons. The fourth-order valence-electron chi connectivity index (χ4n) is 4.46. The molecule has 0 saturated heterocycles. The molecule has 1 heterocycles. The molecule has 0 aliphatic heterocycles. The molecule has 3 amide bonds. The summed E-state index contributed by atoms with van der Waals surface area (Å²) in [6, 6.07) is 17.0. The number of rotatable bonds is 9. The number of hydrogen-bond donors (Lipinski definition) is 2. The van der Waals surface area contributed by atoms with E-state index < -0.39 is 35.5 Å². The maximum absolute atomic E-state index is 13.6. The first-order valence-corrected chi connectivity index (χ1v) is 12.8. The van der Waals surface area contributed by atoms with E-state index in [-0.39, 0.29) is 18.8 Å². The zero-order valence-corrected chi connectivity index (χ0v) is 22.1. The molecule has 0 unspecified atom stereocenters. The number of urea groups is 1. The number of halogens is 4. The molecule has 2 N–H and O–H groups in total. The number of H-pyrrole nitrogens is 1. The average Bonchev–Trinajstić information content (AvgIpc) is 3.33. The molecule has 0 aliphatic rings. The number of fused-ring (bicyclic) bond motifs is 1. The third-order valence-electron chi connectivity index (χ3n) is 6.63. The first kappa shape index (κ1) is 28.7. The lowest BCUT2D eigenvalue weighted by atomic mass is 10.1. The summed E-state index contributed by atoms with van der Waals surface area (Å²) < 4.78 is 53.9. The fraction of sp³-hybridized carbons (Fsp3) is 0.267. The van der Waals surface area contributed by atoms with Crippen molar-refractivity contribution < 1.29 is 27.2 Å². The van der Waals surface area contributed by atoms with Crippen molar-refractivity contribution in [1.82, 2.24) is 14.8 Å². The standard InChI is InChI=1S/C30H30F4N4O2/c1-20(2)38(29(40)36-27-10-6-4-8-25(27)30(32,33)34)19-28(39)37(18-21-11-13-23(31)14-12-21)16-15-22-17-35-26-9-5-3-7-24(22)26/h3-14,17,20,35H,15-16,18-19H2,1-2H3,(H,36,40). The molecule has 6 nitrogen and oxygen atoms in total. The molecule has 4 rings (SSSR count). The smallest absolute Gasteiger partial charge is 0.361 e. The third-order valence-corrected chi connectivity index (χ3v) is 6.63. The summed E-state index contributed by atoms with van der Waals surface area (Å²) >= 11 is 0. The minimum Gasteiger partial charge on any atom is -0.361 e. The monoisotopic (exact) mass is 554 g/mol. The summed E-state index contributed by atoms with van der Waals surface area (Å²) in [6.45, 7) is 3.48. The highest BCUT2D eigenvalue weighted by molar-refractivity contribution is 5.93. The Balaban J connectivity index is 1.53. The zero-order valence-electron chi connectivity index (χ0n) is 22.1. The van der Waals surface area contributed by atoms with Gasteiger partial charge in [-0.25, -0.2) is 9.18 Å². The summed E-state index contributed by atoms with van der Waals surface area (Å²) in [5, 5.41) is 3.35. The van der Waals surface area contributed by atoms with Crippen LogP contribution in [0.4, 0.5) is 28.0 Å². The number of anilines is 1. The van der Waals surface area contributed by atoms with E-state index in [1.807, 2.05) is 30.5 Å². The highest BCUT2D eigenvalue weighted by Gasteiger charge is 2.34. The second-order valence-corrected chi connectivity index (χ2v) is 9.75. The number of nitrogens with one attached hydrogen (secondary N) is 2. The van der Waals surface area contributed by atoms with Crippen molar-refractivity contribution in [2.45, 2.75) is 39.0 Å². The lowest BCUT2D eigenvalue weighted by Gasteiger charge is -2.30. The van der Waals surface area contributed by atoms with Gasteiger partial charge in [-0.1, -0.05) is 42.5 Å². The van der Waals surface area contributed by atoms with Crippen molar-refractivity contribution in [3.05, 3.63) is 102 Å². The number of para-hydroxylation sites is 2. The molecule has 0 spiro atoms. The van der Waals surface area contributed by atoms with Crippen molar-refractivity contribution in [3.63, 3.8) is 0 Å². The number of nitrogens with zero attached hydrogens (tertiary/aromatic N) is 2. The van der Waals surface area contributed by atoms with E-state index in [1.165, 1.54) is 35.2 Å². The van der Waals surface area contributed by atoms with E-state index in [0.29, 0.717) is 18.5 Å². The number of aromatic nitrogens is 1. The van der Waals surface area contributed by atoms with E-state index >= 15 is 0 Å². The van der Waals surface area contributed by atoms with Gasteiger partial charge in [-0.3, -0.25) is 4.79 Å². The van der Waals surface area contributed by atoms with Crippen LogP contribution in [0.3, 0.4) is 0 Å². The van der Waals surface area contributed by atoms with Gasteiger partial charge >= 0.3 is 12.2 Å². The van der Waals surface area contributed by atoms with Crippen LogP contribution in [0, 0.1) is 5.82 Å². The van der Waals surface area contributed by atoms with E-state index in [0.717, 1.165) is 22.5 Å². The first-order chi connectivity index (χ1) is 19.0. The average molecular weight is 555 g/mol. The Hall–Kier alpha value is -4.34. The van der Waals surface area contributed by atoms with E-state index in [9.17, 15) is 27.2 Å². The quantitative estimate of drug-likeness (QED) is 0.223. The van der Waals surface area contributed by atoms with Gasteiger partial charge < -0.3 is 20.1 Å². The Morgan fingerprint density at radius 1 is 0.950 bits per heavy atom. The van der Waals surface area contributed by atoms with Gasteiger partial charge in [0.2, 0.25) is 5.91 Å². The summed E-state index contributed by atoms with van der Waals surface area (Å²) in [4.78, 5) is 32.7. The van der Waals surface area contributed by atoms with Crippen LogP contribution in [-0.2, 0) is 23.9 Å². The molecule has 10 heteroatoms. The molecule has 0 saturated carbocycles. The molecule has 0 aliphatic carbocycles. The van der Waals surface area contributed by atoms with Gasteiger partial charge in [-0.2, -0.15) is 13.2 Å². The van der Waals surface area contributed by atoms with Gasteiger partial charge in [0.15, 0.2) is 0 Å².